The molecule has 0 unspecified atom stereocenters. The number of phenolic OH excluding ortho intramolecular Hbond substituents is 2. The number of amides is 1. The molecule has 2 aromatic carbocycles. The highest BCUT2D eigenvalue weighted by atomic mass is 35.5. The van der Waals surface area contributed by atoms with Crippen LogP contribution in [-0.2, 0) is 0 Å². The van der Waals surface area contributed by atoms with Gasteiger partial charge in [0.1, 0.15) is 11.5 Å². The topological polar surface area (TPSA) is 73.1 Å². The Balaban J connectivity index is 2.15. The molecule has 102 valence electrons. The van der Waals surface area contributed by atoms with Gasteiger partial charge in [0.05, 0.1) is 6.21 Å². The third-order valence-corrected chi connectivity index (χ3v) is 2.74. The molecule has 0 spiro atoms. The van der Waals surface area contributed by atoms with Crippen LogP contribution in [0.15, 0.2) is 53.6 Å². The summed E-state index contributed by atoms with van der Waals surface area (Å²) in [5.41, 5.74) is 0.635. The largest absolute Gasteiger partial charge is 0.508 e. The Hall–Kier alpha value is -2.53. The lowest BCUT2D eigenvalue weighted by atomic mass is 10.2. The molecule has 0 aliphatic rings. The van der Waals surface area contributed by atoms with Crippen LogP contribution in [0.25, 0.3) is 0 Å². The fourth-order valence-electron chi connectivity index (χ4n) is 1.50. The maximum absolute atomic E-state index is 11.9. The minimum atomic E-state index is -0.497. The number of phenols is 2. The highest BCUT2D eigenvalue weighted by Crippen LogP contribution is 2.20. The Morgan fingerprint density at radius 3 is 2.55 bits per heavy atom. The molecule has 0 saturated heterocycles. The van der Waals surface area contributed by atoms with Gasteiger partial charge < -0.3 is 10.2 Å². The smallest absolute Gasteiger partial charge is 0.289 e. The first-order chi connectivity index (χ1) is 9.58. The van der Waals surface area contributed by atoms with Crippen molar-refractivity contribution in [2.24, 2.45) is 5.10 Å². The molecule has 0 saturated carbocycles. The molecule has 2 aromatic rings. The third-order valence-electron chi connectivity index (χ3n) is 2.50. The summed E-state index contributed by atoms with van der Waals surface area (Å²) in [7, 11) is 0. The normalized spacial score (nSPS) is 10.7. The molecule has 0 atom stereocenters. The zero-order valence-corrected chi connectivity index (χ0v) is 11.0. The Bertz CT molecular complexity index is 644. The van der Waals surface area contributed by atoms with E-state index in [2.05, 4.69) is 5.10 Å². The van der Waals surface area contributed by atoms with Gasteiger partial charge in [-0.3, -0.25) is 4.79 Å². The molecule has 0 bridgehead atoms. The summed E-state index contributed by atoms with van der Waals surface area (Å²) in [6.07, 6.45) is 1.18. The van der Waals surface area contributed by atoms with Gasteiger partial charge in [0.2, 0.25) is 0 Å². The van der Waals surface area contributed by atoms with Crippen LogP contribution >= 0.6 is 11.8 Å². The van der Waals surface area contributed by atoms with Crippen LogP contribution in [0.3, 0.4) is 0 Å². The molecule has 0 aromatic heterocycles. The van der Waals surface area contributed by atoms with Crippen molar-refractivity contribution in [3.05, 3.63) is 59.7 Å². The van der Waals surface area contributed by atoms with Crippen molar-refractivity contribution >= 4 is 23.9 Å². The Morgan fingerprint density at radius 1 is 1.15 bits per heavy atom. The van der Waals surface area contributed by atoms with Crippen LogP contribution in [0.4, 0.5) is 0 Å². The number of aromatic hydroxyl groups is 2. The van der Waals surface area contributed by atoms with Crippen molar-refractivity contribution in [2.75, 3.05) is 0 Å². The number of hydrogen-bond donors (Lipinski definition) is 2. The molecule has 20 heavy (non-hydrogen) atoms. The molecular weight excluding hydrogens is 280 g/mol. The molecule has 0 aliphatic carbocycles. The second-order valence-electron chi connectivity index (χ2n) is 3.92. The molecule has 2 rings (SSSR count). The van der Waals surface area contributed by atoms with Gasteiger partial charge in [-0.15, -0.1) is 4.53 Å². The van der Waals surface area contributed by atoms with E-state index in [4.69, 9.17) is 11.8 Å². The summed E-state index contributed by atoms with van der Waals surface area (Å²) in [4.78, 5) is 11.9. The molecule has 0 radical (unpaired) electrons. The number of hydrogen-bond acceptors (Lipinski definition) is 4. The average molecular weight is 291 g/mol. The summed E-state index contributed by atoms with van der Waals surface area (Å²) < 4.78 is 0.638. The quantitative estimate of drug-likeness (QED) is 0.395. The molecule has 1 amide bonds. The number of nitrogens with zero attached hydrogens (tertiary/aromatic N) is 2. The van der Waals surface area contributed by atoms with Crippen molar-refractivity contribution in [1.82, 2.24) is 4.53 Å². The Morgan fingerprint density at radius 2 is 1.85 bits per heavy atom. The first kappa shape index (κ1) is 13.9. The zero-order valence-electron chi connectivity index (χ0n) is 10.3. The van der Waals surface area contributed by atoms with Crippen LogP contribution in [0, 0.1) is 0 Å². The van der Waals surface area contributed by atoms with E-state index < -0.39 is 5.91 Å². The molecule has 0 aliphatic heterocycles. The predicted octanol–water partition coefficient (Wildman–Crippen LogP) is 2.73. The van der Waals surface area contributed by atoms with Crippen molar-refractivity contribution in [1.29, 1.82) is 0 Å². The van der Waals surface area contributed by atoms with Gasteiger partial charge >= 0.3 is 0 Å². The van der Waals surface area contributed by atoms with Gasteiger partial charge in [0.25, 0.3) is 5.91 Å². The first-order valence-corrected chi connectivity index (χ1v) is 6.03. The van der Waals surface area contributed by atoms with E-state index in [9.17, 15) is 15.0 Å². The van der Waals surface area contributed by atoms with E-state index in [1.807, 2.05) is 0 Å². The van der Waals surface area contributed by atoms with Crippen LogP contribution in [-0.4, -0.2) is 26.9 Å². The number of halogens is 1. The van der Waals surface area contributed by atoms with E-state index in [-0.39, 0.29) is 17.1 Å². The van der Waals surface area contributed by atoms with Crippen LogP contribution < -0.4 is 0 Å². The zero-order chi connectivity index (χ0) is 14.5. The average Bonchev–Trinajstić information content (AvgIpc) is 2.48. The predicted molar refractivity (Wildman–Crippen MR) is 75.8 cm³/mol. The molecule has 2 N–H and O–H groups in total. The van der Waals surface area contributed by atoms with Crippen LogP contribution in [0.2, 0.25) is 0 Å². The number of carbonyl (C=O) groups is 1. The molecular formula is C14H11ClN2O3. The minimum absolute atomic E-state index is 0.0280. The fraction of sp³-hybridized carbons (Fsp3) is 0. The van der Waals surface area contributed by atoms with Gasteiger partial charge in [-0.25, -0.2) is 0 Å². The highest BCUT2D eigenvalue weighted by Gasteiger charge is 2.12. The van der Waals surface area contributed by atoms with E-state index >= 15 is 0 Å². The molecule has 5 nitrogen and oxygen atoms in total. The fourth-order valence-corrected chi connectivity index (χ4v) is 1.64. The second-order valence-corrected chi connectivity index (χ2v) is 4.24. The van der Waals surface area contributed by atoms with E-state index in [0.29, 0.717) is 10.1 Å². The summed E-state index contributed by atoms with van der Waals surface area (Å²) in [6, 6.07) is 12.4. The van der Waals surface area contributed by atoms with Gasteiger partial charge in [-0.1, -0.05) is 18.2 Å². The number of hydrazone groups is 1. The van der Waals surface area contributed by atoms with Gasteiger partial charge in [-0.2, -0.15) is 5.10 Å². The van der Waals surface area contributed by atoms with Gasteiger partial charge in [0, 0.05) is 22.9 Å². The van der Waals surface area contributed by atoms with Crippen molar-refractivity contribution in [3.63, 3.8) is 0 Å². The van der Waals surface area contributed by atoms with Crippen LogP contribution in [0.5, 0.6) is 11.5 Å². The monoisotopic (exact) mass is 290 g/mol. The minimum Gasteiger partial charge on any atom is -0.508 e. The summed E-state index contributed by atoms with van der Waals surface area (Å²) in [6.45, 7) is 0. The summed E-state index contributed by atoms with van der Waals surface area (Å²) >= 11 is 5.75. The number of carbonyl (C=O) groups excluding carboxylic acids is 1. The maximum Gasteiger partial charge on any atom is 0.289 e. The SMILES string of the molecule is O=C(c1ccccc1)N(Cl)N=Cc1cc(O)ccc1O. The lowest BCUT2D eigenvalue weighted by Gasteiger charge is -2.07. The van der Waals surface area contributed by atoms with Gasteiger partial charge in [-0.05, 0) is 30.3 Å². The first-order valence-electron chi connectivity index (χ1n) is 5.69. The van der Waals surface area contributed by atoms with Crippen molar-refractivity contribution in [3.8, 4) is 11.5 Å². The van der Waals surface area contributed by atoms with E-state index in [1.54, 1.807) is 30.3 Å². The van der Waals surface area contributed by atoms with E-state index in [1.165, 1.54) is 24.4 Å². The lowest BCUT2D eigenvalue weighted by Crippen LogP contribution is -2.15. The lowest BCUT2D eigenvalue weighted by molar-refractivity contribution is 0.0867. The van der Waals surface area contributed by atoms with E-state index in [0.717, 1.165) is 0 Å². The standard InChI is InChI=1S/C14H11ClN2O3/c15-17(14(20)10-4-2-1-3-5-10)16-9-11-8-12(18)6-7-13(11)19/h1-9,18-19H. The second kappa shape index (κ2) is 6.08. The Kier molecular flexibility index (Phi) is 4.22. The maximum atomic E-state index is 11.9. The highest BCUT2D eigenvalue weighted by molar-refractivity contribution is 6.24. The summed E-state index contributed by atoms with van der Waals surface area (Å²) in [5, 5.41) is 22.6. The molecule has 0 heterocycles. The number of benzene rings is 2. The summed E-state index contributed by atoms with van der Waals surface area (Å²) in [5.74, 6) is -0.605. The van der Waals surface area contributed by atoms with Crippen molar-refractivity contribution < 1.29 is 15.0 Å². The molecule has 6 heteroatoms. The van der Waals surface area contributed by atoms with Crippen LogP contribution in [0.1, 0.15) is 15.9 Å². The Labute approximate surface area is 120 Å². The van der Waals surface area contributed by atoms with Gasteiger partial charge in [0.15, 0.2) is 0 Å². The third kappa shape index (κ3) is 3.27. The molecule has 0 fully saturated rings. The number of rotatable bonds is 3. The van der Waals surface area contributed by atoms with Crippen molar-refractivity contribution in [2.45, 2.75) is 0 Å².